The molecule has 1 N–H and O–H groups in total. The van der Waals surface area contributed by atoms with Gasteiger partial charge in [0.15, 0.2) is 5.82 Å². The van der Waals surface area contributed by atoms with Crippen LogP contribution in [0, 0.1) is 4.77 Å². The van der Waals surface area contributed by atoms with Gasteiger partial charge in [-0.25, -0.2) is 9.78 Å². The molecule has 0 bridgehead atoms. The fourth-order valence-corrected chi connectivity index (χ4v) is 4.49. The molecule has 9 heteroatoms. The molecule has 142 valence electrons. The van der Waals surface area contributed by atoms with Crippen LogP contribution in [0.15, 0.2) is 76.7 Å². The van der Waals surface area contributed by atoms with E-state index in [0.717, 1.165) is 26.7 Å². The summed E-state index contributed by atoms with van der Waals surface area (Å²) >= 11 is 8.61. The van der Waals surface area contributed by atoms with Gasteiger partial charge in [-0.15, -0.1) is 22.7 Å². The maximum atomic E-state index is 5.37. The lowest BCUT2D eigenvalue weighted by atomic mass is 10.2. The van der Waals surface area contributed by atoms with Gasteiger partial charge >= 0.3 is 0 Å². The number of hydrogen-bond donors (Lipinski definition) is 1. The van der Waals surface area contributed by atoms with E-state index in [0.29, 0.717) is 10.6 Å². The first kappa shape index (κ1) is 17.9. The van der Waals surface area contributed by atoms with E-state index in [9.17, 15) is 0 Å². The topological polar surface area (TPSA) is 63.8 Å². The average molecular weight is 435 g/mol. The summed E-state index contributed by atoms with van der Waals surface area (Å²) in [4.78, 5) is 2.07. The second-order valence-electron chi connectivity index (χ2n) is 6.08. The molecule has 29 heavy (non-hydrogen) atoms. The quantitative estimate of drug-likeness (QED) is 0.295. The zero-order chi connectivity index (χ0) is 19.6. The van der Waals surface area contributed by atoms with Crippen LogP contribution < -0.4 is 0 Å². The van der Waals surface area contributed by atoms with E-state index in [-0.39, 0.29) is 0 Å². The van der Waals surface area contributed by atoms with Gasteiger partial charge in [0.2, 0.25) is 4.77 Å². The first-order valence-electron chi connectivity index (χ1n) is 8.74. The number of rotatable bonds is 5. The van der Waals surface area contributed by atoms with Crippen molar-refractivity contribution in [2.45, 2.75) is 0 Å². The number of para-hydroxylation sites is 1. The summed E-state index contributed by atoms with van der Waals surface area (Å²) in [5.41, 5.74) is 2.76. The van der Waals surface area contributed by atoms with Crippen LogP contribution in [-0.2, 0) is 0 Å². The van der Waals surface area contributed by atoms with E-state index in [1.807, 2.05) is 70.2 Å². The number of nitrogens with zero attached hydrogens (tertiary/aromatic N) is 5. The van der Waals surface area contributed by atoms with Crippen molar-refractivity contribution < 1.29 is 0 Å². The molecule has 0 unspecified atom stereocenters. The first-order valence-corrected chi connectivity index (χ1v) is 10.9. The Morgan fingerprint density at radius 3 is 2.45 bits per heavy atom. The van der Waals surface area contributed by atoms with Gasteiger partial charge < -0.3 is 0 Å². The third-order valence-electron chi connectivity index (χ3n) is 4.22. The van der Waals surface area contributed by atoms with E-state index in [1.54, 1.807) is 33.6 Å². The Labute approximate surface area is 179 Å². The van der Waals surface area contributed by atoms with Crippen LogP contribution >= 0.6 is 34.9 Å². The Kier molecular flexibility index (Phi) is 4.76. The third-order valence-corrected chi connectivity index (χ3v) is 6.23. The molecule has 4 aromatic heterocycles. The Morgan fingerprint density at radius 2 is 1.72 bits per heavy atom. The second kappa shape index (κ2) is 7.70. The second-order valence-corrected chi connectivity index (χ2v) is 8.36. The molecule has 0 aliphatic heterocycles. The molecule has 0 saturated carbocycles. The molecule has 0 saturated heterocycles. The van der Waals surface area contributed by atoms with Crippen molar-refractivity contribution in [2.75, 3.05) is 0 Å². The minimum Gasteiger partial charge on any atom is -0.250 e. The molecular weight excluding hydrogens is 420 g/mol. The lowest BCUT2D eigenvalue weighted by molar-refractivity contribution is 0.873. The maximum Gasteiger partial charge on any atom is 0.216 e. The molecule has 0 amide bonds. The number of thiophene rings is 2. The minimum atomic E-state index is 0.442. The summed E-state index contributed by atoms with van der Waals surface area (Å²) < 4.78 is 3.95. The fraction of sp³-hybridized carbons (Fsp3) is 0. The first-order chi connectivity index (χ1) is 14.3. The lowest BCUT2D eigenvalue weighted by Gasteiger charge is -1.98. The summed E-state index contributed by atoms with van der Waals surface area (Å²) in [5, 5.41) is 20.6. The number of benzene rings is 1. The smallest absolute Gasteiger partial charge is 0.216 e. The lowest BCUT2D eigenvalue weighted by Crippen LogP contribution is -1.94. The Balaban J connectivity index is 1.59. The molecule has 6 nitrogen and oxygen atoms in total. The van der Waals surface area contributed by atoms with Crippen molar-refractivity contribution in [3.8, 4) is 27.0 Å². The number of nitrogens with one attached hydrogen (secondary N) is 1. The standard InChI is InChI=1S/C20H14N6S3/c27-20-23-22-19(17-9-5-11-29-17)26(20)21-12-14-13-25(15-6-2-1-3-7-15)24-18(14)16-8-4-10-28-16/h1-13H,(H,23,27)/b21-12+. The summed E-state index contributed by atoms with van der Waals surface area (Å²) in [6.07, 6.45) is 3.76. The highest BCUT2D eigenvalue weighted by molar-refractivity contribution is 7.71. The minimum absolute atomic E-state index is 0.442. The SMILES string of the molecule is S=c1[nH]nc(-c2cccs2)n1/N=C/c1cn(-c2ccccc2)nc1-c1cccs1. The van der Waals surface area contributed by atoms with Gasteiger partial charge in [0.05, 0.1) is 21.7 Å². The van der Waals surface area contributed by atoms with Gasteiger partial charge in [-0.05, 0) is 47.2 Å². The predicted octanol–water partition coefficient (Wildman–Crippen LogP) is 5.47. The Morgan fingerprint density at radius 1 is 0.966 bits per heavy atom. The number of H-pyrrole nitrogens is 1. The Hall–Kier alpha value is -3.14. The van der Waals surface area contributed by atoms with Crippen molar-refractivity contribution in [3.63, 3.8) is 0 Å². The highest BCUT2D eigenvalue weighted by Gasteiger charge is 2.13. The molecule has 0 aliphatic rings. The van der Waals surface area contributed by atoms with E-state index in [4.69, 9.17) is 17.3 Å². The molecule has 4 heterocycles. The third kappa shape index (κ3) is 3.51. The van der Waals surface area contributed by atoms with Crippen molar-refractivity contribution in [1.29, 1.82) is 0 Å². The molecule has 5 aromatic rings. The van der Waals surface area contributed by atoms with E-state index in [1.165, 1.54) is 0 Å². The zero-order valence-electron chi connectivity index (χ0n) is 15.0. The van der Waals surface area contributed by atoms with Gasteiger partial charge in [-0.1, -0.05) is 30.3 Å². The van der Waals surface area contributed by atoms with E-state index < -0.39 is 0 Å². The highest BCUT2D eigenvalue weighted by atomic mass is 32.1. The van der Waals surface area contributed by atoms with E-state index in [2.05, 4.69) is 21.4 Å². The summed E-state index contributed by atoms with van der Waals surface area (Å²) in [5.74, 6) is 0.689. The molecule has 0 atom stereocenters. The number of aromatic amines is 1. The predicted molar refractivity (Wildman–Crippen MR) is 121 cm³/mol. The number of hydrogen-bond acceptors (Lipinski definition) is 6. The largest absolute Gasteiger partial charge is 0.250 e. The van der Waals surface area contributed by atoms with Crippen molar-refractivity contribution in [3.05, 3.63) is 81.9 Å². The molecule has 0 spiro atoms. The molecule has 5 rings (SSSR count). The summed E-state index contributed by atoms with van der Waals surface area (Å²) in [6, 6.07) is 18.1. The molecule has 0 aliphatic carbocycles. The van der Waals surface area contributed by atoms with Gasteiger partial charge in [0, 0.05) is 11.8 Å². The molecule has 1 aromatic carbocycles. The highest BCUT2D eigenvalue weighted by Crippen LogP contribution is 2.27. The van der Waals surface area contributed by atoms with Crippen LogP contribution in [0.3, 0.4) is 0 Å². The summed E-state index contributed by atoms with van der Waals surface area (Å²) in [7, 11) is 0. The summed E-state index contributed by atoms with van der Waals surface area (Å²) in [6.45, 7) is 0. The molecular formula is C20H14N6S3. The molecule has 0 radical (unpaired) electrons. The monoisotopic (exact) mass is 434 g/mol. The van der Waals surface area contributed by atoms with Crippen molar-refractivity contribution >= 4 is 41.1 Å². The number of aromatic nitrogens is 5. The van der Waals surface area contributed by atoms with Gasteiger partial charge in [0.25, 0.3) is 0 Å². The van der Waals surface area contributed by atoms with Crippen molar-refractivity contribution in [2.24, 2.45) is 5.10 Å². The fourth-order valence-electron chi connectivity index (χ4n) is 2.88. The van der Waals surface area contributed by atoms with Crippen LogP contribution in [0.1, 0.15) is 5.56 Å². The maximum absolute atomic E-state index is 5.37. The van der Waals surface area contributed by atoms with Crippen LogP contribution in [0.25, 0.3) is 27.0 Å². The van der Waals surface area contributed by atoms with Crippen LogP contribution in [0.4, 0.5) is 0 Å². The van der Waals surface area contributed by atoms with E-state index >= 15 is 0 Å². The average Bonchev–Trinajstić information content (AvgIpc) is 3.53. The normalized spacial score (nSPS) is 11.4. The van der Waals surface area contributed by atoms with Gasteiger partial charge in [-0.3, -0.25) is 0 Å². The van der Waals surface area contributed by atoms with Crippen LogP contribution in [0.2, 0.25) is 0 Å². The zero-order valence-corrected chi connectivity index (χ0v) is 17.4. The van der Waals surface area contributed by atoms with Gasteiger partial charge in [-0.2, -0.15) is 20.0 Å². The Bertz CT molecular complexity index is 1310. The molecule has 0 fully saturated rings. The van der Waals surface area contributed by atoms with Gasteiger partial charge in [0.1, 0.15) is 5.69 Å². The van der Waals surface area contributed by atoms with Crippen LogP contribution in [0.5, 0.6) is 0 Å². The van der Waals surface area contributed by atoms with Crippen LogP contribution in [-0.4, -0.2) is 30.9 Å². The van der Waals surface area contributed by atoms with Crippen molar-refractivity contribution in [1.82, 2.24) is 24.7 Å².